The molecule has 0 N–H and O–H groups in total. The van der Waals surface area contributed by atoms with Gasteiger partial charge in [0.2, 0.25) is 10.8 Å². The van der Waals surface area contributed by atoms with Gasteiger partial charge in [-0.25, -0.2) is 4.98 Å². The number of fused-ring (bicyclic) bond motifs is 1. The van der Waals surface area contributed by atoms with Crippen LogP contribution in [0.3, 0.4) is 0 Å². The molecule has 0 aliphatic carbocycles. The zero-order valence-electron chi connectivity index (χ0n) is 7.74. The van der Waals surface area contributed by atoms with Gasteiger partial charge in [0.25, 0.3) is 0 Å². The van der Waals surface area contributed by atoms with Crippen LogP contribution in [-0.2, 0) is 6.42 Å². The van der Waals surface area contributed by atoms with Gasteiger partial charge in [0, 0.05) is 0 Å². The minimum atomic E-state index is -0.824. The van der Waals surface area contributed by atoms with Gasteiger partial charge in [-0.15, -0.1) is 0 Å². The van der Waals surface area contributed by atoms with Crippen molar-refractivity contribution in [2.75, 3.05) is 0 Å². The first-order valence-electron chi connectivity index (χ1n) is 4.18. The summed E-state index contributed by atoms with van der Waals surface area (Å²) in [4.78, 5) is 15.8. The van der Waals surface area contributed by atoms with E-state index in [2.05, 4.69) is 10.1 Å². The molecule has 0 fully saturated rings. The van der Waals surface area contributed by atoms with Gasteiger partial charge >= 0.3 is 5.56 Å². The quantitative estimate of drug-likeness (QED) is 0.714. The van der Waals surface area contributed by atoms with Gasteiger partial charge in [-0.3, -0.25) is 4.79 Å². The predicted molar refractivity (Wildman–Crippen MR) is 51.2 cm³/mol. The Labute approximate surface area is 83.0 Å². The number of aryl methyl sites for hydroxylation is 2. The van der Waals surface area contributed by atoms with Crippen LogP contribution in [0.1, 0.15) is 17.6 Å². The summed E-state index contributed by atoms with van der Waals surface area (Å²) < 4.78 is 14.2. The Kier molecular flexibility index (Phi) is 2.07. The Balaban J connectivity index is 2.88. The Morgan fingerprint density at radius 1 is 1.57 bits per heavy atom. The van der Waals surface area contributed by atoms with E-state index in [4.69, 9.17) is 0 Å². The van der Waals surface area contributed by atoms with Crippen LogP contribution in [0, 0.1) is 12.7 Å². The fourth-order valence-corrected chi connectivity index (χ4v) is 1.98. The van der Waals surface area contributed by atoms with Gasteiger partial charge in [0.15, 0.2) is 0 Å². The molecule has 0 spiro atoms. The van der Waals surface area contributed by atoms with Crippen LogP contribution >= 0.6 is 11.3 Å². The first-order chi connectivity index (χ1) is 6.63. The number of halogens is 1. The molecule has 0 saturated carbocycles. The van der Waals surface area contributed by atoms with Crippen LogP contribution < -0.4 is 5.56 Å². The maximum Gasteiger partial charge on any atom is 0.311 e. The van der Waals surface area contributed by atoms with E-state index in [1.54, 1.807) is 0 Å². The molecule has 2 aromatic heterocycles. The Bertz CT molecular complexity index is 545. The van der Waals surface area contributed by atoms with E-state index < -0.39 is 11.4 Å². The smallest absolute Gasteiger partial charge is 0.264 e. The summed E-state index contributed by atoms with van der Waals surface area (Å²) in [7, 11) is 0. The van der Waals surface area contributed by atoms with Crippen molar-refractivity contribution < 1.29 is 4.39 Å². The van der Waals surface area contributed by atoms with Gasteiger partial charge in [-0.05, 0) is 13.3 Å². The van der Waals surface area contributed by atoms with Gasteiger partial charge in [-0.1, -0.05) is 18.3 Å². The molecule has 0 atom stereocenters. The van der Waals surface area contributed by atoms with E-state index >= 15 is 0 Å². The summed E-state index contributed by atoms with van der Waals surface area (Å²) >= 11 is 1.31. The average Bonchev–Trinajstić information content (AvgIpc) is 2.57. The molecule has 4 nitrogen and oxygen atoms in total. The van der Waals surface area contributed by atoms with E-state index in [1.165, 1.54) is 18.3 Å². The third-order valence-electron chi connectivity index (χ3n) is 1.87. The van der Waals surface area contributed by atoms with E-state index in [9.17, 15) is 9.18 Å². The highest BCUT2D eigenvalue weighted by Crippen LogP contribution is 2.12. The van der Waals surface area contributed by atoms with Crippen molar-refractivity contribution in [1.29, 1.82) is 0 Å². The van der Waals surface area contributed by atoms with Gasteiger partial charge in [0.1, 0.15) is 5.01 Å². The molecule has 0 aromatic carbocycles. The number of nitrogens with zero attached hydrogens (tertiary/aromatic N) is 3. The molecular weight excluding hydrogens is 205 g/mol. The number of hydrogen-bond donors (Lipinski definition) is 0. The van der Waals surface area contributed by atoms with Crippen molar-refractivity contribution in [2.24, 2.45) is 0 Å². The third-order valence-corrected chi connectivity index (χ3v) is 2.92. The summed E-state index contributed by atoms with van der Waals surface area (Å²) in [6.45, 7) is 3.40. The fourth-order valence-electron chi connectivity index (χ4n) is 1.11. The molecule has 0 saturated heterocycles. The lowest BCUT2D eigenvalue weighted by molar-refractivity contribution is 0.579. The van der Waals surface area contributed by atoms with Crippen molar-refractivity contribution >= 4 is 16.3 Å². The molecule has 0 amide bonds. The molecule has 2 heterocycles. The SMILES string of the molecule is CCc1nn2c(=O)c(F)c(C)nc2s1. The topological polar surface area (TPSA) is 47.3 Å². The highest BCUT2D eigenvalue weighted by Gasteiger charge is 2.12. The van der Waals surface area contributed by atoms with Crippen molar-refractivity contribution in [3.63, 3.8) is 0 Å². The third kappa shape index (κ3) is 1.22. The van der Waals surface area contributed by atoms with Crippen LogP contribution in [0.25, 0.3) is 4.96 Å². The summed E-state index contributed by atoms with van der Waals surface area (Å²) in [6.07, 6.45) is 0.716. The molecule has 74 valence electrons. The second kappa shape index (κ2) is 3.13. The van der Waals surface area contributed by atoms with E-state index in [0.29, 0.717) is 11.4 Å². The zero-order chi connectivity index (χ0) is 10.3. The van der Waals surface area contributed by atoms with Crippen LogP contribution in [0.5, 0.6) is 0 Å². The monoisotopic (exact) mass is 213 g/mol. The lowest BCUT2D eigenvalue weighted by Crippen LogP contribution is -2.20. The van der Waals surface area contributed by atoms with Gasteiger partial charge in [-0.2, -0.15) is 14.0 Å². The molecule has 0 aliphatic heterocycles. The van der Waals surface area contributed by atoms with Crippen molar-refractivity contribution in [2.45, 2.75) is 20.3 Å². The van der Waals surface area contributed by atoms with Gasteiger partial charge < -0.3 is 0 Å². The molecule has 14 heavy (non-hydrogen) atoms. The molecule has 0 bridgehead atoms. The lowest BCUT2D eigenvalue weighted by atomic mass is 10.4. The summed E-state index contributed by atoms with van der Waals surface area (Å²) in [5, 5.41) is 4.73. The summed E-state index contributed by atoms with van der Waals surface area (Å²) in [6, 6.07) is 0. The predicted octanol–water partition coefficient (Wildman–Crippen LogP) is 1.16. The summed E-state index contributed by atoms with van der Waals surface area (Å²) in [5.41, 5.74) is -0.593. The van der Waals surface area contributed by atoms with Crippen molar-refractivity contribution in [1.82, 2.24) is 14.6 Å². The minimum Gasteiger partial charge on any atom is -0.264 e. The summed E-state index contributed by atoms with van der Waals surface area (Å²) in [5.74, 6) is -0.824. The normalized spacial score (nSPS) is 11.1. The second-order valence-corrected chi connectivity index (χ2v) is 3.90. The maximum absolute atomic E-state index is 13.1. The highest BCUT2D eigenvalue weighted by molar-refractivity contribution is 7.16. The number of rotatable bonds is 1. The molecule has 0 radical (unpaired) electrons. The van der Waals surface area contributed by atoms with Crippen molar-refractivity contribution in [3.05, 3.63) is 26.9 Å². The Hall–Kier alpha value is -1.30. The molecule has 2 rings (SSSR count). The first kappa shape index (κ1) is 9.26. The Morgan fingerprint density at radius 3 is 2.93 bits per heavy atom. The molecule has 2 aromatic rings. The van der Waals surface area contributed by atoms with Crippen molar-refractivity contribution in [3.8, 4) is 0 Å². The largest absolute Gasteiger partial charge is 0.311 e. The van der Waals surface area contributed by atoms with E-state index in [1.807, 2.05) is 6.92 Å². The zero-order valence-corrected chi connectivity index (χ0v) is 8.56. The molecule has 6 heteroatoms. The van der Waals surface area contributed by atoms with E-state index in [-0.39, 0.29) is 5.69 Å². The maximum atomic E-state index is 13.1. The standard InChI is InChI=1S/C8H8FN3OS/c1-3-5-11-12-7(13)6(9)4(2)10-8(12)14-5/h3H2,1-2H3. The second-order valence-electron chi connectivity index (χ2n) is 2.86. The number of aromatic nitrogens is 3. The molecular formula is C8H8FN3OS. The molecule has 0 unspecified atom stereocenters. The lowest BCUT2D eigenvalue weighted by Gasteiger charge is -1.93. The average molecular weight is 213 g/mol. The van der Waals surface area contributed by atoms with Gasteiger partial charge in [0.05, 0.1) is 5.69 Å². The molecule has 0 aliphatic rings. The van der Waals surface area contributed by atoms with Crippen LogP contribution in [0.15, 0.2) is 4.79 Å². The Morgan fingerprint density at radius 2 is 2.29 bits per heavy atom. The first-order valence-corrected chi connectivity index (χ1v) is 5.00. The van der Waals surface area contributed by atoms with Crippen LogP contribution in [0.4, 0.5) is 4.39 Å². The minimum absolute atomic E-state index is 0.126. The van der Waals surface area contributed by atoms with Crippen LogP contribution in [-0.4, -0.2) is 14.6 Å². The van der Waals surface area contributed by atoms with Crippen LogP contribution in [0.2, 0.25) is 0 Å². The number of hydrogen-bond acceptors (Lipinski definition) is 4. The highest BCUT2D eigenvalue weighted by atomic mass is 32.1. The fraction of sp³-hybridized carbons (Fsp3) is 0.375. The van der Waals surface area contributed by atoms with E-state index in [0.717, 1.165) is 9.52 Å².